The molecule has 0 radical (unpaired) electrons. The van der Waals surface area contributed by atoms with Gasteiger partial charge in [-0.15, -0.1) is 0 Å². The summed E-state index contributed by atoms with van der Waals surface area (Å²) in [6.07, 6.45) is 0. The average Bonchev–Trinajstić information content (AvgIpc) is 2.32. The summed E-state index contributed by atoms with van der Waals surface area (Å²) in [6, 6.07) is 7.22. The molecule has 0 fully saturated rings. The summed E-state index contributed by atoms with van der Waals surface area (Å²) in [5.74, 6) is 0.601. The van der Waals surface area contributed by atoms with Crippen LogP contribution >= 0.6 is 23.2 Å². The zero-order chi connectivity index (χ0) is 13.1. The fourth-order valence-electron chi connectivity index (χ4n) is 1.64. The Morgan fingerprint density at radius 1 is 1.17 bits per heavy atom. The molecular weight excluding hydrogens is 269 g/mol. The molecule has 2 rings (SSSR count). The van der Waals surface area contributed by atoms with E-state index >= 15 is 0 Å². The lowest BCUT2D eigenvalue weighted by Gasteiger charge is -2.08. The minimum atomic E-state index is 0.601. The molecule has 0 saturated carbocycles. The monoisotopic (exact) mass is 281 g/mol. The van der Waals surface area contributed by atoms with Crippen molar-refractivity contribution in [2.45, 2.75) is 13.8 Å². The highest BCUT2D eigenvalue weighted by Crippen LogP contribution is 2.30. The standard InChI is InChI=1S/C13H13Cl2N3/c1-3-16-13-17-8(2)6-12(18-13)10-7-9(14)4-5-11(10)15/h4-7H,3H2,1-2H3,(H,16,17,18). The SMILES string of the molecule is CCNc1nc(C)cc(-c2cc(Cl)ccc2Cl)n1. The second-order valence-corrected chi connectivity index (χ2v) is 4.72. The molecule has 0 bridgehead atoms. The summed E-state index contributed by atoms with van der Waals surface area (Å²) in [7, 11) is 0. The molecule has 0 aliphatic carbocycles. The van der Waals surface area contributed by atoms with E-state index in [9.17, 15) is 0 Å². The fourth-order valence-corrected chi connectivity index (χ4v) is 2.02. The Labute approximate surface area is 116 Å². The molecule has 1 aromatic carbocycles. The Morgan fingerprint density at radius 3 is 2.67 bits per heavy atom. The maximum Gasteiger partial charge on any atom is 0.223 e. The Morgan fingerprint density at radius 2 is 1.94 bits per heavy atom. The zero-order valence-corrected chi connectivity index (χ0v) is 11.7. The van der Waals surface area contributed by atoms with Crippen molar-refractivity contribution in [3.05, 3.63) is 40.0 Å². The van der Waals surface area contributed by atoms with Crippen molar-refractivity contribution in [1.82, 2.24) is 9.97 Å². The minimum Gasteiger partial charge on any atom is -0.354 e. The first kappa shape index (κ1) is 13.1. The number of aryl methyl sites for hydroxylation is 1. The highest BCUT2D eigenvalue weighted by molar-refractivity contribution is 6.35. The Kier molecular flexibility index (Phi) is 4.04. The molecule has 0 saturated heterocycles. The van der Waals surface area contributed by atoms with Crippen LogP contribution < -0.4 is 5.32 Å². The number of aromatic nitrogens is 2. The number of halogens is 2. The Balaban J connectivity index is 2.52. The smallest absolute Gasteiger partial charge is 0.223 e. The molecule has 0 aliphatic rings. The lowest BCUT2D eigenvalue weighted by atomic mass is 10.1. The van der Waals surface area contributed by atoms with Crippen LogP contribution in [0.4, 0.5) is 5.95 Å². The van der Waals surface area contributed by atoms with Crippen molar-refractivity contribution >= 4 is 29.2 Å². The van der Waals surface area contributed by atoms with Gasteiger partial charge in [-0.2, -0.15) is 0 Å². The average molecular weight is 282 g/mol. The summed E-state index contributed by atoms with van der Waals surface area (Å²) in [5, 5.41) is 4.35. The molecule has 0 amide bonds. The number of rotatable bonds is 3. The maximum absolute atomic E-state index is 6.17. The van der Waals surface area contributed by atoms with Crippen LogP contribution in [0.5, 0.6) is 0 Å². The largest absolute Gasteiger partial charge is 0.354 e. The number of hydrogen-bond acceptors (Lipinski definition) is 3. The van der Waals surface area contributed by atoms with E-state index in [-0.39, 0.29) is 0 Å². The van der Waals surface area contributed by atoms with E-state index in [0.29, 0.717) is 16.0 Å². The number of benzene rings is 1. The molecule has 94 valence electrons. The molecular formula is C13H13Cl2N3. The topological polar surface area (TPSA) is 37.8 Å². The molecule has 0 unspecified atom stereocenters. The first-order valence-corrected chi connectivity index (χ1v) is 6.40. The zero-order valence-electron chi connectivity index (χ0n) is 10.2. The molecule has 5 heteroatoms. The third kappa shape index (κ3) is 2.92. The van der Waals surface area contributed by atoms with Gasteiger partial charge in [-0.25, -0.2) is 9.97 Å². The minimum absolute atomic E-state index is 0.601. The summed E-state index contributed by atoms with van der Waals surface area (Å²) in [6.45, 7) is 4.69. The lowest BCUT2D eigenvalue weighted by Crippen LogP contribution is -2.04. The number of nitrogens with one attached hydrogen (secondary N) is 1. The van der Waals surface area contributed by atoms with E-state index in [4.69, 9.17) is 23.2 Å². The molecule has 0 aliphatic heterocycles. The summed E-state index contributed by atoms with van der Waals surface area (Å²) in [4.78, 5) is 8.73. The van der Waals surface area contributed by atoms with Crippen LogP contribution in [0.15, 0.2) is 24.3 Å². The van der Waals surface area contributed by atoms with Gasteiger partial charge in [-0.3, -0.25) is 0 Å². The summed E-state index contributed by atoms with van der Waals surface area (Å²) < 4.78 is 0. The summed E-state index contributed by atoms with van der Waals surface area (Å²) >= 11 is 12.2. The third-order valence-corrected chi connectivity index (χ3v) is 2.96. The molecule has 3 nitrogen and oxygen atoms in total. The maximum atomic E-state index is 6.17. The molecule has 1 N–H and O–H groups in total. The van der Waals surface area contributed by atoms with E-state index < -0.39 is 0 Å². The molecule has 18 heavy (non-hydrogen) atoms. The second kappa shape index (κ2) is 5.55. The third-order valence-electron chi connectivity index (χ3n) is 2.39. The van der Waals surface area contributed by atoms with Crippen LogP contribution in [-0.2, 0) is 0 Å². The van der Waals surface area contributed by atoms with E-state index in [1.54, 1.807) is 18.2 Å². The highest BCUT2D eigenvalue weighted by atomic mass is 35.5. The first-order valence-electron chi connectivity index (χ1n) is 5.65. The van der Waals surface area contributed by atoms with Crippen LogP contribution in [-0.4, -0.2) is 16.5 Å². The fraction of sp³-hybridized carbons (Fsp3) is 0.231. The Bertz CT molecular complexity index is 570. The highest BCUT2D eigenvalue weighted by Gasteiger charge is 2.08. The van der Waals surface area contributed by atoms with Crippen molar-refractivity contribution in [1.29, 1.82) is 0 Å². The molecule has 1 aromatic heterocycles. The van der Waals surface area contributed by atoms with Gasteiger partial charge in [0.25, 0.3) is 0 Å². The van der Waals surface area contributed by atoms with Gasteiger partial charge < -0.3 is 5.32 Å². The molecule has 0 spiro atoms. The van der Waals surface area contributed by atoms with Gasteiger partial charge in [-0.05, 0) is 38.1 Å². The van der Waals surface area contributed by atoms with Crippen molar-refractivity contribution in [3.63, 3.8) is 0 Å². The van der Waals surface area contributed by atoms with Crippen molar-refractivity contribution < 1.29 is 0 Å². The van der Waals surface area contributed by atoms with Crippen LogP contribution in [0.3, 0.4) is 0 Å². The van der Waals surface area contributed by atoms with Crippen molar-refractivity contribution in [3.8, 4) is 11.3 Å². The van der Waals surface area contributed by atoms with E-state index in [1.165, 1.54) is 0 Å². The second-order valence-electron chi connectivity index (χ2n) is 3.87. The summed E-state index contributed by atoms with van der Waals surface area (Å²) in [5.41, 5.74) is 2.46. The lowest BCUT2D eigenvalue weighted by molar-refractivity contribution is 1.06. The molecule has 1 heterocycles. The van der Waals surface area contributed by atoms with Gasteiger partial charge >= 0.3 is 0 Å². The van der Waals surface area contributed by atoms with Crippen LogP contribution in [0, 0.1) is 6.92 Å². The van der Waals surface area contributed by atoms with E-state index in [0.717, 1.165) is 23.5 Å². The van der Waals surface area contributed by atoms with Gasteiger partial charge in [0.05, 0.1) is 10.7 Å². The van der Waals surface area contributed by atoms with Crippen molar-refractivity contribution in [2.24, 2.45) is 0 Å². The number of anilines is 1. The van der Waals surface area contributed by atoms with Gasteiger partial charge in [0.15, 0.2) is 0 Å². The predicted molar refractivity (Wildman–Crippen MR) is 76.4 cm³/mol. The van der Waals surface area contributed by atoms with Crippen molar-refractivity contribution in [2.75, 3.05) is 11.9 Å². The predicted octanol–water partition coefficient (Wildman–Crippen LogP) is 4.19. The number of nitrogens with zero attached hydrogens (tertiary/aromatic N) is 2. The molecule has 0 atom stereocenters. The van der Waals surface area contributed by atoms with Gasteiger partial charge in [-0.1, -0.05) is 23.2 Å². The van der Waals surface area contributed by atoms with Crippen LogP contribution in [0.25, 0.3) is 11.3 Å². The number of hydrogen-bond donors (Lipinski definition) is 1. The van der Waals surface area contributed by atoms with E-state index in [1.807, 2.05) is 19.9 Å². The van der Waals surface area contributed by atoms with Gasteiger partial charge in [0.1, 0.15) is 0 Å². The van der Waals surface area contributed by atoms with Gasteiger partial charge in [0, 0.05) is 22.8 Å². The first-order chi connectivity index (χ1) is 8.60. The quantitative estimate of drug-likeness (QED) is 0.917. The van der Waals surface area contributed by atoms with Crippen LogP contribution in [0.2, 0.25) is 10.0 Å². The Hall–Kier alpha value is -1.32. The van der Waals surface area contributed by atoms with Crippen LogP contribution in [0.1, 0.15) is 12.6 Å². The van der Waals surface area contributed by atoms with E-state index in [2.05, 4.69) is 15.3 Å². The van der Waals surface area contributed by atoms with Gasteiger partial charge in [0.2, 0.25) is 5.95 Å². The normalized spacial score (nSPS) is 10.4. The molecule has 2 aromatic rings.